The van der Waals surface area contributed by atoms with Crippen LogP contribution < -0.4 is 5.32 Å². The highest BCUT2D eigenvalue weighted by atomic mass is 16.5. The van der Waals surface area contributed by atoms with Gasteiger partial charge in [-0.3, -0.25) is 14.4 Å². The van der Waals surface area contributed by atoms with Crippen LogP contribution in [0.2, 0.25) is 0 Å². The molecule has 0 fully saturated rings. The summed E-state index contributed by atoms with van der Waals surface area (Å²) in [5.41, 5.74) is 1.55. The van der Waals surface area contributed by atoms with Crippen LogP contribution in [0.4, 0.5) is 0 Å². The first-order valence-electron chi connectivity index (χ1n) is 12.8. The largest absolute Gasteiger partial charge is 0.454 e. The van der Waals surface area contributed by atoms with E-state index in [0.717, 1.165) is 16.7 Å². The van der Waals surface area contributed by atoms with Crippen molar-refractivity contribution in [3.63, 3.8) is 0 Å². The monoisotopic (exact) mass is 529 g/mol. The van der Waals surface area contributed by atoms with Gasteiger partial charge in [-0.2, -0.15) is 0 Å². The van der Waals surface area contributed by atoms with E-state index in [1.165, 1.54) is 0 Å². The number of rotatable bonds is 13. The van der Waals surface area contributed by atoms with Crippen LogP contribution in [0.15, 0.2) is 70.9 Å². The summed E-state index contributed by atoms with van der Waals surface area (Å²) in [6.07, 6.45) is 14.6. The number of hydrogen-bond donors (Lipinski definition) is 4. The van der Waals surface area contributed by atoms with Gasteiger partial charge in [-0.25, -0.2) is 0 Å². The molecule has 210 valence electrons. The summed E-state index contributed by atoms with van der Waals surface area (Å²) in [6, 6.07) is 0. The van der Waals surface area contributed by atoms with E-state index in [0.29, 0.717) is 12.0 Å². The lowest BCUT2D eigenvalue weighted by atomic mass is 9.71. The number of amides is 1. The van der Waals surface area contributed by atoms with Crippen LogP contribution in [0.3, 0.4) is 0 Å². The van der Waals surface area contributed by atoms with E-state index >= 15 is 0 Å². The molecule has 0 aromatic heterocycles. The summed E-state index contributed by atoms with van der Waals surface area (Å²) in [6.45, 7) is 9.68. The van der Waals surface area contributed by atoms with Crippen LogP contribution in [0.1, 0.15) is 60.8 Å². The van der Waals surface area contributed by atoms with Gasteiger partial charge in [0.15, 0.2) is 11.9 Å². The van der Waals surface area contributed by atoms with Gasteiger partial charge in [-0.05, 0) is 44.3 Å². The molecule has 0 saturated heterocycles. The summed E-state index contributed by atoms with van der Waals surface area (Å²) in [5.74, 6) is -1.61. The number of ketones is 1. The molecule has 0 bridgehead atoms. The molecule has 0 radical (unpaired) electrons. The van der Waals surface area contributed by atoms with E-state index in [1.807, 2.05) is 83.2 Å². The Morgan fingerprint density at radius 2 is 1.61 bits per heavy atom. The number of carbonyl (C=O) groups is 3. The van der Waals surface area contributed by atoms with Gasteiger partial charge in [0.25, 0.3) is 0 Å². The van der Waals surface area contributed by atoms with Crippen LogP contribution in [-0.2, 0) is 19.1 Å². The number of carbonyl (C=O) groups excluding carboxylic acids is 3. The van der Waals surface area contributed by atoms with Gasteiger partial charge in [0.2, 0.25) is 5.91 Å². The van der Waals surface area contributed by atoms with Crippen molar-refractivity contribution in [2.45, 2.75) is 72.4 Å². The number of aliphatic hydroxyl groups excluding tert-OH is 3. The van der Waals surface area contributed by atoms with Gasteiger partial charge in [-0.15, -0.1) is 0 Å². The molecule has 1 rings (SSSR count). The molecule has 0 saturated carbocycles. The SMILES string of the molecule is C/C=C/C=C(C)/C=C/C=C(C)/C=C/C1=C(C)C(=O)C(OC(=O)CCC(=O)NC(CO)(CO)CO)CC1(C)C. The number of nitrogens with one attached hydrogen (secondary N) is 1. The predicted molar refractivity (Wildman–Crippen MR) is 148 cm³/mol. The maximum Gasteiger partial charge on any atom is 0.307 e. The Kier molecular flexibility index (Phi) is 13.3. The highest BCUT2D eigenvalue weighted by molar-refractivity contribution is 6.01. The molecular formula is C30H43NO7. The molecule has 8 nitrogen and oxygen atoms in total. The molecule has 1 aliphatic rings. The fourth-order valence-electron chi connectivity index (χ4n) is 3.98. The van der Waals surface area contributed by atoms with Crippen molar-refractivity contribution in [1.82, 2.24) is 5.32 Å². The van der Waals surface area contributed by atoms with Crippen LogP contribution in [0.5, 0.6) is 0 Å². The Hall–Kier alpha value is -3.07. The minimum Gasteiger partial charge on any atom is -0.454 e. The first-order valence-corrected chi connectivity index (χ1v) is 12.8. The quantitative estimate of drug-likeness (QED) is 0.212. The summed E-state index contributed by atoms with van der Waals surface area (Å²) in [4.78, 5) is 37.5. The van der Waals surface area contributed by atoms with E-state index in [1.54, 1.807) is 6.92 Å². The first-order chi connectivity index (χ1) is 17.8. The Labute approximate surface area is 226 Å². The predicted octanol–water partition coefficient (Wildman–Crippen LogP) is 3.41. The van der Waals surface area contributed by atoms with Crippen molar-refractivity contribution in [2.75, 3.05) is 19.8 Å². The molecule has 0 aliphatic heterocycles. The number of hydrogen-bond acceptors (Lipinski definition) is 7. The second-order valence-corrected chi connectivity index (χ2v) is 10.3. The van der Waals surface area contributed by atoms with Crippen molar-refractivity contribution in [3.8, 4) is 0 Å². The molecule has 1 atom stereocenters. The standard InChI is InChI=1S/C30H43NO7/c1-7-8-10-21(2)11-9-12-22(3)13-14-24-23(4)28(37)25(17-29(24,5)6)38-27(36)16-15-26(35)31-30(18-32,19-33)20-34/h7-14,25,32-34H,15-20H2,1-6H3,(H,31,35)/b8-7+,11-9+,14-13+,21-10+,22-12+. The molecule has 1 unspecified atom stereocenters. The lowest BCUT2D eigenvalue weighted by Crippen LogP contribution is -2.57. The highest BCUT2D eigenvalue weighted by Gasteiger charge is 2.40. The Bertz CT molecular complexity index is 1030. The molecule has 8 heteroatoms. The summed E-state index contributed by atoms with van der Waals surface area (Å²) < 4.78 is 5.44. The van der Waals surface area contributed by atoms with Crippen molar-refractivity contribution >= 4 is 17.7 Å². The fraction of sp³-hybridized carbons (Fsp3) is 0.500. The number of Topliss-reactive ketones (excluding diaryl/α,β-unsaturated/α-hetero) is 1. The van der Waals surface area contributed by atoms with Crippen LogP contribution in [0.25, 0.3) is 0 Å². The molecule has 1 amide bonds. The van der Waals surface area contributed by atoms with Gasteiger partial charge >= 0.3 is 5.97 Å². The minimum atomic E-state index is -1.57. The molecule has 0 aromatic carbocycles. The van der Waals surface area contributed by atoms with E-state index in [2.05, 4.69) is 5.32 Å². The van der Waals surface area contributed by atoms with Crippen LogP contribution in [0, 0.1) is 5.41 Å². The third-order valence-corrected chi connectivity index (χ3v) is 6.42. The lowest BCUT2D eigenvalue weighted by Gasteiger charge is -2.36. The maximum absolute atomic E-state index is 13.0. The van der Waals surface area contributed by atoms with Gasteiger partial charge in [0, 0.05) is 12.8 Å². The second kappa shape index (κ2) is 15.4. The maximum atomic E-state index is 13.0. The molecule has 0 spiro atoms. The number of aliphatic hydroxyl groups is 3. The molecule has 0 aromatic rings. The van der Waals surface area contributed by atoms with Crippen molar-refractivity contribution in [2.24, 2.45) is 5.41 Å². The smallest absolute Gasteiger partial charge is 0.307 e. The lowest BCUT2D eigenvalue weighted by molar-refractivity contribution is -0.156. The van der Waals surface area contributed by atoms with E-state index in [-0.39, 0.29) is 18.6 Å². The number of esters is 1. The Morgan fingerprint density at radius 1 is 1.03 bits per heavy atom. The summed E-state index contributed by atoms with van der Waals surface area (Å²) in [5, 5.41) is 30.3. The first kappa shape index (κ1) is 33.0. The zero-order valence-corrected chi connectivity index (χ0v) is 23.4. The normalized spacial score (nSPS) is 19.2. The zero-order chi connectivity index (χ0) is 28.9. The third-order valence-electron chi connectivity index (χ3n) is 6.42. The molecule has 38 heavy (non-hydrogen) atoms. The Morgan fingerprint density at radius 3 is 2.18 bits per heavy atom. The minimum absolute atomic E-state index is 0.270. The topological polar surface area (TPSA) is 133 Å². The van der Waals surface area contributed by atoms with Crippen LogP contribution >= 0.6 is 0 Å². The average molecular weight is 530 g/mol. The van der Waals surface area contributed by atoms with Crippen molar-refractivity contribution in [3.05, 3.63) is 70.9 Å². The fourth-order valence-corrected chi connectivity index (χ4v) is 3.98. The van der Waals surface area contributed by atoms with Gasteiger partial charge in [0.05, 0.1) is 26.2 Å². The van der Waals surface area contributed by atoms with Crippen molar-refractivity contribution < 1.29 is 34.4 Å². The number of allylic oxidation sites excluding steroid dienone is 11. The zero-order valence-electron chi connectivity index (χ0n) is 23.4. The molecule has 0 heterocycles. The van der Waals surface area contributed by atoms with Crippen LogP contribution in [-0.4, -0.2) is 64.4 Å². The van der Waals surface area contributed by atoms with Gasteiger partial charge in [-0.1, -0.05) is 73.6 Å². The molecular weight excluding hydrogens is 486 g/mol. The van der Waals surface area contributed by atoms with Crippen molar-refractivity contribution in [1.29, 1.82) is 0 Å². The summed E-state index contributed by atoms with van der Waals surface area (Å²) in [7, 11) is 0. The second-order valence-electron chi connectivity index (χ2n) is 10.3. The third kappa shape index (κ3) is 10.0. The van der Waals surface area contributed by atoms with E-state index in [9.17, 15) is 29.7 Å². The van der Waals surface area contributed by atoms with Gasteiger partial charge < -0.3 is 25.4 Å². The molecule has 4 N–H and O–H groups in total. The van der Waals surface area contributed by atoms with E-state index in [4.69, 9.17) is 4.74 Å². The summed E-state index contributed by atoms with van der Waals surface area (Å²) >= 11 is 0. The highest BCUT2D eigenvalue weighted by Crippen LogP contribution is 2.40. The van der Waals surface area contributed by atoms with Gasteiger partial charge in [0.1, 0.15) is 5.54 Å². The number of ether oxygens (including phenoxy) is 1. The Balaban J connectivity index is 2.85. The average Bonchev–Trinajstić information content (AvgIpc) is 2.87. The van der Waals surface area contributed by atoms with E-state index < -0.39 is 48.8 Å². The molecule has 1 aliphatic carbocycles.